The minimum absolute atomic E-state index is 0.324. The van der Waals surface area contributed by atoms with Crippen LogP contribution < -0.4 is 15.4 Å². The molecule has 1 aromatic carbocycles. The lowest BCUT2D eigenvalue weighted by Crippen LogP contribution is -2.43. The van der Waals surface area contributed by atoms with Crippen LogP contribution in [0.2, 0.25) is 0 Å². The summed E-state index contributed by atoms with van der Waals surface area (Å²) in [7, 11) is 3.70. The molecule has 0 atom stereocenters. The van der Waals surface area contributed by atoms with E-state index in [-0.39, 0.29) is 0 Å². The van der Waals surface area contributed by atoms with E-state index in [0.717, 1.165) is 37.2 Å². The minimum Gasteiger partial charge on any atom is -0.497 e. The van der Waals surface area contributed by atoms with Gasteiger partial charge in [-0.3, -0.25) is 9.59 Å². The quantitative estimate of drug-likeness (QED) is 0.787. The van der Waals surface area contributed by atoms with Gasteiger partial charge in [0, 0.05) is 13.1 Å². The number of carbonyl (C=O) groups excluding carboxylic acids is 2. The summed E-state index contributed by atoms with van der Waals surface area (Å²) >= 11 is 0. The standard InChI is InChI=1S/C17H25N3O3/c1-20-9-7-14(8-10-20)12-19-17(22)16(21)18-11-13-3-5-15(23-2)6-4-13/h3-6,14H,7-12H2,1-2H3,(H,18,21)(H,19,22). The summed E-state index contributed by atoms with van der Waals surface area (Å²) in [5, 5.41) is 5.36. The van der Waals surface area contributed by atoms with Crippen molar-refractivity contribution in [3.8, 4) is 5.75 Å². The highest BCUT2D eigenvalue weighted by Crippen LogP contribution is 2.14. The van der Waals surface area contributed by atoms with Crippen LogP contribution >= 0.6 is 0 Å². The van der Waals surface area contributed by atoms with Crippen LogP contribution in [0.4, 0.5) is 0 Å². The number of rotatable bonds is 5. The number of carbonyl (C=O) groups is 2. The van der Waals surface area contributed by atoms with Crippen molar-refractivity contribution in [2.24, 2.45) is 5.92 Å². The maximum absolute atomic E-state index is 11.8. The van der Waals surface area contributed by atoms with Crippen molar-refractivity contribution in [2.45, 2.75) is 19.4 Å². The van der Waals surface area contributed by atoms with Gasteiger partial charge < -0.3 is 20.3 Å². The van der Waals surface area contributed by atoms with Gasteiger partial charge in [-0.1, -0.05) is 12.1 Å². The average Bonchev–Trinajstić information content (AvgIpc) is 2.59. The first-order valence-corrected chi connectivity index (χ1v) is 7.96. The maximum Gasteiger partial charge on any atom is 0.309 e. The number of nitrogens with one attached hydrogen (secondary N) is 2. The third-order valence-electron chi connectivity index (χ3n) is 4.21. The lowest BCUT2D eigenvalue weighted by Gasteiger charge is -2.28. The van der Waals surface area contributed by atoms with E-state index in [2.05, 4.69) is 22.6 Å². The molecule has 1 fully saturated rings. The molecule has 0 bridgehead atoms. The molecule has 1 heterocycles. The summed E-state index contributed by atoms with van der Waals surface area (Å²) < 4.78 is 5.07. The Kier molecular flexibility index (Phi) is 6.40. The predicted octanol–water partition coefficient (Wildman–Crippen LogP) is 0.769. The van der Waals surface area contributed by atoms with Gasteiger partial charge in [0.1, 0.15) is 5.75 Å². The summed E-state index contributed by atoms with van der Waals surface area (Å²) in [6, 6.07) is 7.36. The SMILES string of the molecule is COc1ccc(CNC(=O)C(=O)NCC2CCN(C)CC2)cc1. The molecule has 23 heavy (non-hydrogen) atoms. The zero-order valence-electron chi connectivity index (χ0n) is 13.8. The van der Waals surface area contributed by atoms with Crippen LogP contribution in [-0.4, -0.2) is 50.5 Å². The fraction of sp³-hybridized carbons (Fsp3) is 0.529. The number of benzene rings is 1. The lowest BCUT2D eigenvalue weighted by atomic mass is 9.97. The Balaban J connectivity index is 1.69. The highest BCUT2D eigenvalue weighted by molar-refractivity contribution is 6.35. The summed E-state index contributed by atoms with van der Waals surface area (Å²) in [5.74, 6) is 0.0756. The normalized spacial score (nSPS) is 15.9. The van der Waals surface area contributed by atoms with Crippen molar-refractivity contribution in [1.82, 2.24) is 15.5 Å². The van der Waals surface area contributed by atoms with E-state index in [1.165, 1.54) is 0 Å². The molecule has 0 unspecified atom stereocenters. The van der Waals surface area contributed by atoms with E-state index in [1.54, 1.807) is 7.11 Å². The smallest absolute Gasteiger partial charge is 0.309 e. The zero-order valence-corrected chi connectivity index (χ0v) is 13.8. The first kappa shape index (κ1) is 17.3. The van der Waals surface area contributed by atoms with Crippen LogP contribution in [0.25, 0.3) is 0 Å². The number of hydrogen-bond donors (Lipinski definition) is 2. The van der Waals surface area contributed by atoms with Gasteiger partial charge in [0.15, 0.2) is 0 Å². The Hall–Kier alpha value is -2.08. The van der Waals surface area contributed by atoms with E-state index in [1.807, 2.05) is 24.3 Å². The number of hydrogen-bond acceptors (Lipinski definition) is 4. The molecule has 126 valence electrons. The van der Waals surface area contributed by atoms with E-state index in [9.17, 15) is 9.59 Å². The van der Waals surface area contributed by atoms with Gasteiger partial charge in [-0.25, -0.2) is 0 Å². The molecule has 0 aromatic heterocycles. The van der Waals surface area contributed by atoms with Gasteiger partial charge >= 0.3 is 11.8 Å². The number of piperidine rings is 1. The van der Waals surface area contributed by atoms with Gasteiger partial charge in [0.25, 0.3) is 0 Å². The molecule has 1 aliphatic heterocycles. The van der Waals surface area contributed by atoms with Crippen LogP contribution in [-0.2, 0) is 16.1 Å². The van der Waals surface area contributed by atoms with E-state index in [0.29, 0.717) is 19.0 Å². The Bertz CT molecular complexity index is 522. The Morgan fingerprint density at radius 1 is 1.13 bits per heavy atom. The van der Waals surface area contributed by atoms with E-state index in [4.69, 9.17) is 4.74 Å². The fourth-order valence-corrected chi connectivity index (χ4v) is 2.59. The number of likely N-dealkylation sites (tertiary alicyclic amines) is 1. The summed E-state index contributed by atoms with van der Waals surface area (Å²) in [6.45, 7) is 2.99. The highest BCUT2D eigenvalue weighted by Gasteiger charge is 2.19. The van der Waals surface area contributed by atoms with Gasteiger partial charge in [0.2, 0.25) is 0 Å². The third-order valence-corrected chi connectivity index (χ3v) is 4.21. The average molecular weight is 319 g/mol. The molecule has 2 amide bonds. The molecular formula is C17H25N3O3. The van der Waals surface area contributed by atoms with Gasteiger partial charge in [-0.2, -0.15) is 0 Å². The van der Waals surface area contributed by atoms with Gasteiger partial charge in [-0.15, -0.1) is 0 Å². The zero-order chi connectivity index (χ0) is 16.7. The summed E-state index contributed by atoms with van der Waals surface area (Å²) in [4.78, 5) is 25.9. The largest absolute Gasteiger partial charge is 0.497 e. The molecule has 1 aromatic rings. The monoisotopic (exact) mass is 319 g/mol. The van der Waals surface area contributed by atoms with Gasteiger partial charge in [-0.05, 0) is 56.6 Å². The molecule has 2 rings (SSSR count). The first-order valence-electron chi connectivity index (χ1n) is 7.96. The van der Waals surface area contributed by atoms with E-state index >= 15 is 0 Å². The van der Waals surface area contributed by atoms with Gasteiger partial charge in [0.05, 0.1) is 7.11 Å². The molecule has 0 radical (unpaired) electrons. The van der Waals surface area contributed by atoms with Crippen LogP contribution in [0, 0.1) is 5.92 Å². The second-order valence-corrected chi connectivity index (χ2v) is 5.99. The van der Waals surface area contributed by atoms with Crippen LogP contribution in [0.1, 0.15) is 18.4 Å². The van der Waals surface area contributed by atoms with Crippen molar-refractivity contribution in [1.29, 1.82) is 0 Å². The predicted molar refractivity (Wildman–Crippen MR) is 88.1 cm³/mol. The minimum atomic E-state index is -0.589. The molecule has 0 saturated carbocycles. The highest BCUT2D eigenvalue weighted by atomic mass is 16.5. The number of ether oxygens (including phenoxy) is 1. The van der Waals surface area contributed by atoms with Crippen molar-refractivity contribution < 1.29 is 14.3 Å². The second-order valence-electron chi connectivity index (χ2n) is 5.99. The molecule has 0 spiro atoms. The third kappa shape index (κ3) is 5.56. The molecular weight excluding hydrogens is 294 g/mol. The number of amides is 2. The van der Waals surface area contributed by atoms with Crippen LogP contribution in [0.3, 0.4) is 0 Å². The van der Waals surface area contributed by atoms with E-state index < -0.39 is 11.8 Å². The number of methoxy groups -OCH3 is 1. The Morgan fingerprint density at radius 3 is 2.35 bits per heavy atom. The first-order chi connectivity index (χ1) is 11.1. The molecule has 6 heteroatoms. The van der Waals surface area contributed by atoms with Crippen molar-refractivity contribution in [3.63, 3.8) is 0 Å². The lowest BCUT2D eigenvalue weighted by molar-refractivity contribution is -0.139. The van der Waals surface area contributed by atoms with Crippen molar-refractivity contribution >= 4 is 11.8 Å². The summed E-state index contributed by atoms with van der Waals surface area (Å²) in [6.07, 6.45) is 2.12. The molecule has 2 N–H and O–H groups in total. The fourth-order valence-electron chi connectivity index (χ4n) is 2.59. The molecule has 0 aliphatic carbocycles. The number of nitrogens with zero attached hydrogens (tertiary/aromatic N) is 1. The Labute approximate surface area is 137 Å². The molecule has 1 aliphatic rings. The Morgan fingerprint density at radius 2 is 1.74 bits per heavy atom. The second kappa shape index (κ2) is 8.53. The molecule has 6 nitrogen and oxygen atoms in total. The topological polar surface area (TPSA) is 70.7 Å². The van der Waals surface area contributed by atoms with Crippen molar-refractivity contribution in [3.05, 3.63) is 29.8 Å². The maximum atomic E-state index is 11.8. The van der Waals surface area contributed by atoms with Crippen LogP contribution in [0.5, 0.6) is 5.75 Å². The summed E-state index contributed by atoms with van der Waals surface area (Å²) in [5.41, 5.74) is 0.919. The van der Waals surface area contributed by atoms with Crippen molar-refractivity contribution in [2.75, 3.05) is 33.8 Å². The van der Waals surface area contributed by atoms with Crippen LogP contribution in [0.15, 0.2) is 24.3 Å². The molecule has 1 saturated heterocycles.